The number of carbonyl (C=O) groups is 3. The minimum Gasteiger partial charge on any atom is -0.550 e. The Hall–Kier alpha value is -2.19. The van der Waals surface area contributed by atoms with Crippen molar-refractivity contribution in [3.8, 4) is 0 Å². The van der Waals surface area contributed by atoms with Crippen LogP contribution in [0.3, 0.4) is 0 Å². The smallest absolute Gasteiger partial charge is 0.267 e. The van der Waals surface area contributed by atoms with Crippen molar-refractivity contribution in [1.82, 2.24) is 4.90 Å². The predicted octanol–water partition coefficient (Wildman–Crippen LogP) is 1.93. The van der Waals surface area contributed by atoms with Crippen LogP contribution in [0.4, 0.5) is 5.69 Å². The second kappa shape index (κ2) is 8.22. The number of carboxylic acid groups (broad SMARTS) is 1. The zero-order valence-corrected chi connectivity index (χ0v) is 16.5. The van der Waals surface area contributed by atoms with Crippen LogP contribution in [-0.2, 0) is 14.4 Å². The Morgan fingerprint density at radius 3 is 2.56 bits per heavy atom. The van der Waals surface area contributed by atoms with Crippen molar-refractivity contribution in [3.63, 3.8) is 0 Å². The van der Waals surface area contributed by atoms with Crippen molar-refractivity contribution in [2.45, 2.75) is 32.6 Å². The molecule has 142 valence electrons. The van der Waals surface area contributed by atoms with E-state index in [1.165, 1.54) is 4.90 Å². The third kappa shape index (κ3) is 3.77. The van der Waals surface area contributed by atoms with E-state index in [4.69, 9.17) is 12.2 Å². The van der Waals surface area contributed by atoms with Crippen molar-refractivity contribution in [2.75, 3.05) is 18.0 Å². The van der Waals surface area contributed by atoms with Crippen LogP contribution in [-0.4, -0.2) is 40.1 Å². The van der Waals surface area contributed by atoms with Gasteiger partial charge in [0.2, 0.25) is 0 Å². The summed E-state index contributed by atoms with van der Waals surface area (Å²) in [5.74, 6) is -1.87. The van der Waals surface area contributed by atoms with E-state index >= 15 is 0 Å². The van der Waals surface area contributed by atoms with E-state index in [-0.39, 0.29) is 28.1 Å². The monoisotopic (exact) mass is 403 g/mol. The Bertz CT molecular complexity index is 850. The molecule has 0 N–H and O–H groups in total. The lowest BCUT2D eigenvalue weighted by molar-refractivity contribution is -0.305. The highest BCUT2D eigenvalue weighted by molar-refractivity contribution is 8.26. The van der Waals surface area contributed by atoms with Gasteiger partial charge in [0.05, 0.1) is 16.2 Å². The quantitative estimate of drug-likeness (QED) is 0.393. The van der Waals surface area contributed by atoms with Crippen molar-refractivity contribution in [1.29, 1.82) is 0 Å². The van der Waals surface area contributed by atoms with Crippen LogP contribution in [0.25, 0.3) is 5.57 Å². The number of rotatable bonds is 7. The fourth-order valence-electron chi connectivity index (χ4n) is 3.19. The van der Waals surface area contributed by atoms with Crippen LogP contribution in [0.15, 0.2) is 29.2 Å². The molecule has 1 aromatic carbocycles. The molecule has 0 aromatic heterocycles. The Kier molecular flexibility index (Phi) is 5.96. The van der Waals surface area contributed by atoms with Gasteiger partial charge in [0.1, 0.15) is 4.32 Å². The summed E-state index contributed by atoms with van der Waals surface area (Å²) in [7, 11) is 0. The highest BCUT2D eigenvalue weighted by Crippen LogP contribution is 2.44. The first-order chi connectivity index (χ1) is 13.0. The van der Waals surface area contributed by atoms with Gasteiger partial charge in [-0.3, -0.25) is 14.5 Å². The average Bonchev–Trinajstić information content (AvgIpc) is 3.07. The number of aliphatic carboxylic acids is 1. The summed E-state index contributed by atoms with van der Waals surface area (Å²) in [6, 6.07) is 7.41. The topological polar surface area (TPSA) is 80.8 Å². The summed E-state index contributed by atoms with van der Waals surface area (Å²) < 4.78 is 0.262. The fourth-order valence-corrected chi connectivity index (χ4v) is 4.57. The molecule has 1 fully saturated rings. The first-order valence-corrected chi connectivity index (χ1v) is 10.1. The second-order valence-corrected chi connectivity index (χ2v) is 7.98. The molecule has 2 amide bonds. The van der Waals surface area contributed by atoms with Gasteiger partial charge in [-0.15, -0.1) is 0 Å². The van der Waals surface area contributed by atoms with E-state index in [2.05, 4.69) is 6.92 Å². The minimum absolute atomic E-state index is 0.0557. The van der Waals surface area contributed by atoms with Crippen molar-refractivity contribution in [3.05, 3.63) is 34.7 Å². The molecule has 0 radical (unpaired) electrons. The van der Waals surface area contributed by atoms with Crippen LogP contribution in [0.1, 0.15) is 38.2 Å². The number of amides is 2. The summed E-state index contributed by atoms with van der Waals surface area (Å²) in [6.07, 6.45) is 2.65. The van der Waals surface area contributed by atoms with E-state index in [9.17, 15) is 19.5 Å². The summed E-state index contributed by atoms with van der Waals surface area (Å²) in [4.78, 5) is 39.9. The molecule has 27 heavy (non-hydrogen) atoms. The zero-order valence-electron chi connectivity index (χ0n) is 14.9. The van der Waals surface area contributed by atoms with Gasteiger partial charge in [0, 0.05) is 31.0 Å². The van der Waals surface area contributed by atoms with Crippen LogP contribution >= 0.6 is 24.0 Å². The molecule has 0 atom stereocenters. The van der Waals surface area contributed by atoms with Crippen molar-refractivity contribution < 1.29 is 19.5 Å². The molecule has 0 aliphatic carbocycles. The molecule has 0 unspecified atom stereocenters. The van der Waals surface area contributed by atoms with Crippen LogP contribution < -0.4 is 10.0 Å². The maximum absolute atomic E-state index is 13.1. The Morgan fingerprint density at radius 1 is 1.11 bits per heavy atom. The van der Waals surface area contributed by atoms with Crippen LogP contribution in [0.2, 0.25) is 0 Å². The average molecular weight is 404 g/mol. The molecule has 0 spiro atoms. The maximum atomic E-state index is 13.1. The number of nitrogens with zero attached hydrogens (tertiary/aromatic N) is 2. The molecule has 2 aliphatic heterocycles. The maximum Gasteiger partial charge on any atom is 0.267 e. The fraction of sp³-hybridized carbons (Fsp3) is 0.368. The molecular weight excluding hydrogens is 384 g/mol. The lowest BCUT2D eigenvalue weighted by Gasteiger charge is -2.16. The first-order valence-electron chi connectivity index (χ1n) is 8.84. The van der Waals surface area contributed by atoms with Gasteiger partial charge < -0.3 is 14.8 Å². The number of thiocarbonyl (C=S) groups is 1. The van der Waals surface area contributed by atoms with Gasteiger partial charge in [-0.2, -0.15) is 0 Å². The molecule has 8 heteroatoms. The lowest BCUT2D eigenvalue weighted by Crippen LogP contribution is -2.34. The van der Waals surface area contributed by atoms with E-state index < -0.39 is 11.9 Å². The number of thioether (sulfide) groups is 1. The summed E-state index contributed by atoms with van der Waals surface area (Å²) in [6.45, 7) is 2.64. The SMILES string of the molecule is CCCCCN1C(=O)C(=C2SC(=S)N(CCC(=O)[O-])C2=O)c2ccccc21. The third-order valence-corrected chi connectivity index (χ3v) is 5.97. The van der Waals surface area contributed by atoms with Gasteiger partial charge >= 0.3 is 0 Å². The largest absolute Gasteiger partial charge is 0.550 e. The Morgan fingerprint density at radius 2 is 1.85 bits per heavy atom. The van der Waals surface area contributed by atoms with Crippen molar-refractivity contribution >= 4 is 57.3 Å². The van der Waals surface area contributed by atoms with Gasteiger partial charge in [0.15, 0.2) is 0 Å². The Balaban J connectivity index is 1.95. The highest BCUT2D eigenvalue weighted by atomic mass is 32.2. The lowest BCUT2D eigenvalue weighted by atomic mass is 10.1. The number of carbonyl (C=O) groups excluding carboxylic acids is 3. The molecule has 0 saturated carbocycles. The van der Waals surface area contributed by atoms with E-state index in [1.54, 1.807) is 4.90 Å². The summed E-state index contributed by atoms with van der Waals surface area (Å²) in [5.41, 5.74) is 1.88. The number of anilines is 1. The Labute approximate surface area is 167 Å². The molecular formula is C19H19N2O4S2-. The third-order valence-electron chi connectivity index (χ3n) is 4.52. The normalized spacial score (nSPS) is 19.2. The second-order valence-electron chi connectivity index (χ2n) is 6.33. The number of hydrogen-bond acceptors (Lipinski definition) is 6. The number of fused-ring (bicyclic) bond motifs is 1. The zero-order chi connectivity index (χ0) is 19.6. The van der Waals surface area contributed by atoms with E-state index in [0.29, 0.717) is 12.1 Å². The molecule has 1 saturated heterocycles. The van der Waals surface area contributed by atoms with Gasteiger partial charge in [-0.05, 0) is 12.5 Å². The summed E-state index contributed by atoms with van der Waals surface area (Å²) in [5, 5.41) is 10.7. The highest BCUT2D eigenvalue weighted by Gasteiger charge is 2.41. The standard InChI is InChI=1S/C19H20N2O4S2/c1-2-3-6-10-20-13-8-5-4-7-12(13)15(17(20)24)16-18(25)21(19(26)27-16)11-9-14(22)23/h4-5,7-8H,2-3,6,9-11H2,1H3,(H,22,23)/p-1. The first kappa shape index (κ1) is 19.6. The van der Waals surface area contributed by atoms with Crippen LogP contribution in [0, 0.1) is 0 Å². The van der Waals surface area contributed by atoms with E-state index in [0.717, 1.165) is 42.3 Å². The van der Waals surface area contributed by atoms with E-state index in [1.807, 2.05) is 24.3 Å². The number of para-hydroxylation sites is 1. The molecule has 2 heterocycles. The molecule has 3 rings (SSSR count). The molecule has 0 bridgehead atoms. The van der Waals surface area contributed by atoms with Crippen LogP contribution in [0.5, 0.6) is 0 Å². The number of hydrogen-bond donors (Lipinski definition) is 0. The van der Waals surface area contributed by atoms with Gasteiger partial charge in [-0.1, -0.05) is 61.9 Å². The summed E-state index contributed by atoms with van der Waals surface area (Å²) >= 11 is 6.29. The van der Waals surface area contributed by atoms with Gasteiger partial charge in [0.25, 0.3) is 11.8 Å². The number of unbranched alkanes of at least 4 members (excludes halogenated alkanes) is 2. The van der Waals surface area contributed by atoms with Crippen molar-refractivity contribution in [2.24, 2.45) is 0 Å². The predicted molar refractivity (Wildman–Crippen MR) is 107 cm³/mol. The number of carboxylic acids is 1. The minimum atomic E-state index is -1.25. The van der Waals surface area contributed by atoms with Gasteiger partial charge in [-0.25, -0.2) is 0 Å². The molecule has 2 aliphatic rings. The molecule has 6 nitrogen and oxygen atoms in total. The number of benzene rings is 1. The molecule has 1 aromatic rings.